The van der Waals surface area contributed by atoms with E-state index in [1.165, 1.54) is 41.3 Å². The van der Waals surface area contributed by atoms with Crippen molar-refractivity contribution in [1.29, 1.82) is 0 Å². The molecule has 0 radical (unpaired) electrons. The first-order valence-electron chi connectivity index (χ1n) is 14.2. The predicted octanol–water partition coefficient (Wildman–Crippen LogP) is 5.45. The van der Waals surface area contributed by atoms with Crippen molar-refractivity contribution in [3.63, 3.8) is 0 Å². The van der Waals surface area contributed by atoms with Crippen LogP contribution in [0.5, 0.6) is 5.75 Å². The Morgan fingerprint density at radius 3 is 2.14 bits per heavy atom. The number of nitrogens with one attached hydrogen (secondary N) is 1. The highest BCUT2D eigenvalue weighted by molar-refractivity contribution is 7.92. The summed E-state index contributed by atoms with van der Waals surface area (Å²) in [6.45, 7) is 9.32. The lowest BCUT2D eigenvalue weighted by atomic mass is 10.1. The van der Waals surface area contributed by atoms with Crippen LogP contribution in [-0.4, -0.2) is 50.4 Å². The molecular formula is C32H40FN3O5S. The number of sulfonamides is 1. The molecule has 2 amide bonds. The van der Waals surface area contributed by atoms with Crippen LogP contribution in [0, 0.1) is 12.7 Å². The van der Waals surface area contributed by atoms with Gasteiger partial charge in [0.25, 0.3) is 10.0 Å². The standard InChI is InChI=1S/C32H40FN3O5S/c1-6-24(5)34-32(38)30(7-2)35(21-25-12-10-9-11-23(25)4)31(37)22-36(27-15-13-26(33)14-16-27)42(39,40)29-19-17-28(18-20-29)41-8-3/h9-20,24,30H,6-8,21-22H2,1-5H3,(H,34,38). The molecule has 0 saturated heterocycles. The average Bonchev–Trinajstić information content (AvgIpc) is 2.97. The molecule has 0 spiro atoms. The van der Waals surface area contributed by atoms with Crippen LogP contribution < -0.4 is 14.4 Å². The van der Waals surface area contributed by atoms with Crippen LogP contribution in [0.1, 0.15) is 51.7 Å². The summed E-state index contributed by atoms with van der Waals surface area (Å²) in [4.78, 5) is 28.9. The normalized spacial score (nSPS) is 12.7. The SMILES string of the molecule is CCOc1ccc(S(=O)(=O)N(CC(=O)N(Cc2ccccc2C)C(CC)C(=O)NC(C)CC)c2ccc(F)cc2)cc1. The van der Waals surface area contributed by atoms with E-state index in [2.05, 4.69) is 5.32 Å². The van der Waals surface area contributed by atoms with Gasteiger partial charge in [0.15, 0.2) is 0 Å². The van der Waals surface area contributed by atoms with Crippen LogP contribution in [0.3, 0.4) is 0 Å². The molecule has 42 heavy (non-hydrogen) atoms. The topological polar surface area (TPSA) is 96.0 Å². The summed E-state index contributed by atoms with van der Waals surface area (Å²) in [5.74, 6) is -0.916. The molecular weight excluding hydrogens is 557 g/mol. The number of aryl methyl sites for hydroxylation is 1. The molecule has 10 heteroatoms. The Balaban J connectivity index is 2.06. The fourth-order valence-corrected chi connectivity index (χ4v) is 5.88. The smallest absolute Gasteiger partial charge is 0.264 e. The molecule has 0 saturated carbocycles. The van der Waals surface area contributed by atoms with Gasteiger partial charge < -0.3 is 15.0 Å². The molecule has 3 rings (SSSR count). The van der Waals surface area contributed by atoms with Gasteiger partial charge in [-0.1, -0.05) is 38.1 Å². The van der Waals surface area contributed by atoms with Gasteiger partial charge in [-0.3, -0.25) is 13.9 Å². The van der Waals surface area contributed by atoms with Crippen LogP contribution in [0.15, 0.2) is 77.7 Å². The number of halogens is 1. The minimum atomic E-state index is -4.28. The van der Waals surface area contributed by atoms with Gasteiger partial charge in [0, 0.05) is 12.6 Å². The maximum atomic E-state index is 14.1. The largest absolute Gasteiger partial charge is 0.494 e. The summed E-state index contributed by atoms with van der Waals surface area (Å²) in [6.07, 6.45) is 1.04. The highest BCUT2D eigenvalue weighted by atomic mass is 32.2. The lowest BCUT2D eigenvalue weighted by molar-refractivity contribution is -0.140. The zero-order valence-electron chi connectivity index (χ0n) is 24.8. The summed E-state index contributed by atoms with van der Waals surface area (Å²) in [7, 11) is -4.28. The molecule has 0 aliphatic rings. The van der Waals surface area contributed by atoms with Gasteiger partial charge in [-0.05, 0) is 93.3 Å². The summed E-state index contributed by atoms with van der Waals surface area (Å²) in [6, 6.07) is 17.4. The molecule has 0 aliphatic carbocycles. The Hall–Kier alpha value is -3.92. The average molecular weight is 598 g/mol. The number of carbonyl (C=O) groups excluding carboxylic acids is 2. The van der Waals surface area contributed by atoms with Crippen molar-refractivity contribution in [3.05, 3.63) is 89.7 Å². The summed E-state index contributed by atoms with van der Waals surface area (Å²) < 4.78 is 48.1. The maximum Gasteiger partial charge on any atom is 0.264 e. The second kappa shape index (κ2) is 14.8. The van der Waals surface area contributed by atoms with Gasteiger partial charge in [-0.15, -0.1) is 0 Å². The summed E-state index contributed by atoms with van der Waals surface area (Å²) >= 11 is 0. The lowest BCUT2D eigenvalue weighted by Crippen LogP contribution is -2.53. The first kappa shape index (κ1) is 32.6. The monoisotopic (exact) mass is 597 g/mol. The maximum absolute atomic E-state index is 14.1. The Labute approximate surface area is 248 Å². The van der Waals surface area contributed by atoms with E-state index < -0.39 is 34.3 Å². The van der Waals surface area contributed by atoms with Crippen molar-refractivity contribution in [2.75, 3.05) is 17.5 Å². The zero-order valence-corrected chi connectivity index (χ0v) is 25.7. The first-order chi connectivity index (χ1) is 20.0. The third-order valence-corrected chi connectivity index (χ3v) is 8.89. The summed E-state index contributed by atoms with van der Waals surface area (Å²) in [5, 5.41) is 2.96. The molecule has 1 N–H and O–H groups in total. The fourth-order valence-electron chi connectivity index (χ4n) is 4.47. The third kappa shape index (κ3) is 8.09. The highest BCUT2D eigenvalue weighted by Crippen LogP contribution is 2.27. The molecule has 8 nitrogen and oxygen atoms in total. The van der Waals surface area contributed by atoms with Gasteiger partial charge >= 0.3 is 0 Å². The molecule has 0 heterocycles. The van der Waals surface area contributed by atoms with Crippen LogP contribution in [0.2, 0.25) is 0 Å². The lowest BCUT2D eigenvalue weighted by Gasteiger charge is -2.34. The number of rotatable bonds is 14. The Morgan fingerprint density at radius 1 is 0.929 bits per heavy atom. The summed E-state index contributed by atoms with van der Waals surface area (Å²) in [5.41, 5.74) is 1.89. The molecule has 0 bridgehead atoms. The number of carbonyl (C=O) groups is 2. The molecule has 3 aromatic rings. The first-order valence-corrected chi connectivity index (χ1v) is 15.6. The van der Waals surface area contributed by atoms with Crippen molar-refractivity contribution in [1.82, 2.24) is 10.2 Å². The van der Waals surface area contributed by atoms with Crippen molar-refractivity contribution in [2.45, 2.75) is 71.0 Å². The number of amides is 2. The van der Waals surface area contributed by atoms with Gasteiger partial charge in [0.1, 0.15) is 24.2 Å². The Morgan fingerprint density at radius 2 is 1.57 bits per heavy atom. The van der Waals surface area contributed by atoms with E-state index in [4.69, 9.17) is 4.74 Å². The van der Waals surface area contributed by atoms with E-state index in [1.54, 1.807) is 0 Å². The van der Waals surface area contributed by atoms with Crippen LogP contribution in [0.25, 0.3) is 0 Å². The molecule has 0 aliphatic heterocycles. The quantitative estimate of drug-likeness (QED) is 0.267. The second-order valence-corrected chi connectivity index (χ2v) is 11.9. The molecule has 0 fully saturated rings. The van der Waals surface area contributed by atoms with Crippen molar-refractivity contribution >= 4 is 27.5 Å². The number of anilines is 1. The number of ether oxygens (including phenoxy) is 1. The molecule has 3 aromatic carbocycles. The number of hydrogen-bond donors (Lipinski definition) is 1. The highest BCUT2D eigenvalue weighted by Gasteiger charge is 2.34. The van der Waals surface area contributed by atoms with E-state index in [0.29, 0.717) is 25.2 Å². The van der Waals surface area contributed by atoms with E-state index >= 15 is 0 Å². The fraction of sp³-hybridized carbons (Fsp3) is 0.375. The predicted molar refractivity (Wildman–Crippen MR) is 162 cm³/mol. The van der Waals surface area contributed by atoms with Crippen molar-refractivity contribution in [2.24, 2.45) is 0 Å². The van der Waals surface area contributed by atoms with Crippen LogP contribution in [0.4, 0.5) is 10.1 Å². The van der Waals surface area contributed by atoms with Gasteiger partial charge in [-0.25, -0.2) is 12.8 Å². The molecule has 0 aromatic heterocycles. The minimum Gasteiger partial charge on any atom is -0.494 e. The number of nitrogens with zero attached hydrogens (tertiary/aromatic N) is 2. The van der Waals surface area contributed by atoms with Gasteiger partial charge in [-0.2, -0.15) is 0 Å². The van der Waals surface area contributed by atoms with E-state index in [-0.39, 0.29) is 29.1 Å². The Bertz CT molecular complexity index is 1450. The Kier molecular flexibility index (Phi) is 11.5. The van der Waals surface area contributed by atoms with Crippen LogP contribution >= 0.6 is 0 Å². The van der Waals surface area contributed by atoms with Crippen molar-refractivity contribution in [3.8, 4) is 5.75 Å². The second-order valence-electron chi connectivity index (χ2n) is 10.1. The van der Waals surface area contributed by atoms with E-state index in [1.807, 2.05) is 58.9 Å². The van der Waals surface area contributed by atoms with Gasteiger partial charge in [0.2, 0.25) is 11.8 Å². The molecule has 2 atom stereocenters. The third-order valence-electron chi connectivity index (χ3n) is 7.11. The number of hydrogen-bond acceptors (Lipinski definition) is 5. The molecule has 226 valence electrons. The minimum absolute atomic E-state index is 0.0601. The van der Waals surface area contributed by atoms with E-state index in [9.17, 15) is 22.4 Å². The number of benzene rings is 3. The van der Waals surface area contributed by atoms with Gasteiger partial charge in [0.05, 0.1) is 17.2 Å². The van der Waals surface area contributed by atoms with E-state index in [0.717, 1.165) is 27.6 Å². The van der Waals surface area contributed by atoms with Crippen LogP contribution in [-0.2, 0) is 26.2 Å². The zero-order chi connectivity index (χ0) is 30.9. The molecule has 2 unspecified atom stereocenters. The van der Waals surface area contributed by atoms with Crippen molar-refractivity contribution < 1.29 is 27.1 Å².